The van der Waals surface area contributed by atoms with Crippen LogP contribution in [0.3, 0.4) is 0 Å². The van der Waals surface area contributed by atoms with Gasteiger partial charge in [0.15, 0.2) is 0 Å². The predicted molar refractivity (Wildman–Crippen MR) is 58.1 cm³/mol. The normalized spacial score (nSPS) is 16.7. The molecule has 0 bridgehead atoms. The van der Waals surface area contributed by atoms with Crippen molar-refractivity contribution in [1.82, 2.24) is 4.90 Å². The molecule has 0 fully saturated rings. The number of hydrogen-bond donors (Lipinski definition) is 1. The number of aliphatic carboxylic acids is 1. The van der Waals surface area contributed by atoms with Crippen molar-refractivity contribution < 1.29 is 19.4 Å². The molecule has 16 heavy (non-hydrogen) atoms. The molecule has 1 aliphatic heterocycles. The molecule has 0 spiro atoms. The highest BCUT2D eigenvalue weighted by molar-refractivity contribution is 5.87. The minimum atomic E-state index is -0.913. The first kappa shape index (κ1) is 12.5. The van der Waals surface area contributed by atoms with Crippen LogP contribution in [-0.2, 0) is 9.53 Å². The van der Waals surface area contributed by atoms with Crippen molar-refractivity contribution in [3.63, 3.8) is 0 Å². The Kier molecular flexibility index (Phi) is 3.57. The first-order valence-electron chi connectivity index (χ1n) is 5.20. The third-order valence-electron chi connectivity index (χ3n) is 2.14. The van der Waals surface area contributed by atoms with Gasteiger partial charge >= 0.3 is 12.1 Å². The number of carbonyl (C=O) groups excluding carboxylic acids is 1. The summed E-state index contributed by atoms with van der Waals surface area (Å²) in [6.07, 6.45) is 1.53. The Labute approximate surface area is 94.7 Å². The number of ether oxygens (including phenoxy) is 1. The molecule has 0 saturated heterocycles. The van der Waals surface area contributed by atoms with E-state index in [1.807, 2.05) is 0 Å². The molecule has 5 nitrogen and oxygen atoms in total. The summed E-state index contributed by atoms with van der Waals surface area (Å²) in [5.74, 6) is -0.913. The van der Waals surface area contributed by atoms with Crippen LogP contribution in [0.25, 0.3) is 0 Å². The lowest BCUT2D eigenvalue weighted by Gasteiger charge is -2.28. The maximum absolute atomic E-state index is 11.6. The molecule has 5 heteroatoms. The minimum Gasteiger partial charge on any atom is -0.478 e. The molecule has 0 aliphatic carbocycles. The van der Waals surface area contributed by atoms with Crippen molar-refractivity contribution in [2.24, 2.45) is 0 Å². The van der Waals surface area contributed by atoms with Crippen molar-refractivity contribution >= 4 is 12.1 Å². The summed E-state index contributed by atoms with van der Waals surface area (Å²) in [7, 11) is 0. The van der Waals surface area contributed by atoms with E-state index in [9.17, 15) is 9.59 Å². The number of amides is 1. The van der Waals surface area contributed by atoms with E-state index in [1.54, 1.807) is 26.8 Å². The van der Waals surface area contributed by atoms with Crippen LogP contribution in [-0.4, -0.2) is 40.8 Å². The summed E-state index contributed by atoms with van der Waals surface area (Å²) in [6, 6.07) is 0. The highest BCUT2D eigenvalue weighted by atomic mass is 16.6. The SMILES string of the molecule is CC(C)(C)OC(=O)N1CC=C(C(=O)O)CC1. The van der Waals surface area contributed by atoms with Gasteiger partial charge in [0.05, 0.1) is 0 Å². The zero-order valence-corrected chi connectivity index (χ0v) is 9.82. The van der Waals surface area contributed by atoms with E-state index >= 15 is 0 Å². The molecule has 1 aliphatic rings. The van der Waals surface area contributed by atoms with Crippen LogP contribution in [0, 0.1) is 0 Å². The lowest BCUT2D eigenvalue weighted by Crippen LogP contribution is -2.39. The molecule has 0 saturated carbocycles. The third-order valence-corrected chi connectivity index (χ3v) is 2.14. The van der Waals surface area contributed by atoms with E-state index in [0.717, 1.165) is 0 Å². The molecular weight excluding hydrogens is 210 g/mol. The topological polar surface area (TPSA) is 66.8 Å². The Balaban J connectivity index is 2.54. The number of carboxylic acids is 1. The standard InChI is InChI=1S/C11H17NO4/c1-11(2,3)16-10(15)12-6-4-8(5-7-12)9(13)14/h4H,5-7H2,1-3H3,(H,13,14). The summed E-state index contributed by atoms with van der Waals surface area (Å²) in [5, 5.41) is 8.75. The molecular formula is C11H17NO4. The fourth-order valence-electron chi connectivity index (χ4n) is 1.36. The second-order valence-corrected chi connectivity index (χ2v) is 4.71. The molecule has 1 amide bonds. The lowest BCUT2D eigenvalue weighted by atomic mass is 10.1. The zero-order chi connectivity index (χ0) is 12.3. The van der Waals surface area contributed by atoms with E-state index in [0.29, 0.717) is 25.1 Å². The van der Waals surface area contributed by atoms with Crippen LogP contribution in [0.1, 0.15) is 27.2 Å². The average Bonchev–Trinajstić information content (AvgIpc) is 2.15. The Bertz CT molecular complexity index is 327. The van der Waals surface area contributed by atoms with Gasteiger partial charge in [-0.3, -0.25) is 0 Å². The molecule has 0 unspecified atom stereocenters. The third kappa shape index (κ3) is 3.56. The first-order chi connectivity index (χ1) is 7.29. The monoisotopic (exact) mass is 227 g/mol. The zero-order valence-electron chi connectivity index (χ0n) is 9.82. The Morgan fingerprint density at radius 3 is 2.44 bits per heavy atom. The Morgan fingerprint density at radius 2 is 2.06 bits per heavy atom. The van der Waals surface area contributed by atoms with Gasteiger partial charge in [-0.2, -0.15) is 0 Å². The smallest absolute Gasteiger partial charge is 0.410 e. The number of rotatable bonds is 1. The maximum atomic E-state index is 11.6. The van der Waals surface area contributed by atoms with Crippen LogP contribution in [0.15, 0.2) is 11.6 Å². The van der Waals surface area contributed by atoms with E-state index < -0.39 is 17.7 Å². The van der Waals surface area contributed by atoms with Gasteiger partial charge in [-0.25, -0.2) is 9.59 Å². The second kappa shape index (κ2) is 4.55. The van der Waals surface area contributed by atoms with Crippen molar-refractivity contribution in [2.45, 2.75) is 32.8 Å². The molecule has 0 atom stereocenters. The van der Waals surface area contributed by atoms with Crippen LogP contribution in [0.4, 0.5) is 4.79 Å². The van der Waals surface area contributed by atoms with Gasteiger partial charge in [-0.15, -0.1) is 0 Å². The Morgan fingerprint density at radius 1 is 1.44 bits per heavy atom. The largest absolute Gasteiger partial charge is 0.478 e. The van der Waals surface area contributed by atoms with Crippen LogP contribution >= 0.6 is 0 Å². The predicted octanol–water partition coefficient (Wildman–Crippen LogP) is 1.64. The van der Waals surface area contributed by atoms with Crippen molar-refractivity contribution in [3.05, 3.63) is 11.6 Å². The fourth-order valence-corrected chi connectivity index (χ4v) is 1.36. The number of carboxylic acid groups (broad SMARTS) is 1. The molecule has 1 heterocycles. The Hall–Kier alpha value is -1.52. The van der Waals surface area contributed by atoms with Crippen molar-refractivity contribution in [1.29, 1.82) is 0 Å². The van der Waals surface area contributed by atoms with Gasteiger partial charge in [0.25, 0.3) is 0 Å². The molecule has 1 rings (SSSR count). The van der Waals surface area contributed by atoms with Gasteiger partial charge in [0, 0.05) is 18.7 Å². The summed E-state index contributed by atoms with van der Waals surface area (Å²) in [5.41, 5.74) is -0.159. The van der Waals surface area contributed by atoms with Gasteiger partial charge < -0.3 is 14.7 Å². The summed E-state index contributed by atoms with van der Waals surface area (Å²) in [4.78, 5) is 23.8. The van der Waals surface area contributed by atoms with E-state index in [1.165, 1.54) is 4.90 Å². The maximum Gasteiger partial charge on any atom is 0.410 e. The van der Waals surface area contributed by atoms with E-state index in [-0.39, 0.29) is 0 Å². The highest BCUT2D eigenvalue weighted by Gasteiger charge is 2.24. The van der Waals surface area contributed by atoms with E-state index in [2.05, 4.69) is 0 Å². The minimum absolute atomic E-state index is 0.302. The molecule has 0 aromatic rings. The number of hydrogen-bond acceptors (Lipinski definition) is 3. The average molecular weight is 227 g/mol. The molecule has 0 aromatic carbocycles. The van der Waals surface area contributed by atoms with Gasteiger partial charge in [-0.05, 0) is 27.2 Å². The van der Waals surface area contributed by atoms with Gasteiger partial charge in [0.1, 0.15) is 5.60 Å². The lowest BCUT2D eigenvalue weighted by molar-refractivity contribution is -0.133. The van der Waals surface area contributed by atoms with Crippen molar-refractivity contribution in [2.75, 3.05) is 13.1 Å². The quantitative estimate of drug-likeness (QED) is 0.739. The van der Waals surface area contributed by atoms with Crippen LogP contribution < -0.4 is 0 Å². The summed E-state index contributed by atoms with van der Waals surface area (Å²) in [6.45, 7) is 6.09. The first-order valence-corrected chi connectivity index (χ1v) is 5.20. The van der Waals surface area contributed by atoms with Gasteiger partial charge in [-0.1, -0.05) is 6.08 Å². The molecule has 1 N–H and O–H groups in total. The molecule has 0 radical (unpaired) electrons. The summed E-state index contributed by atoms with van der Waals surface area (Å²) >= 11 is 0. The van der Waals surface area contributed by atoms with Crippen molar-refractivity contribution in [3.8, 4) is 0 Å². The number of nitrogens with zero attached hydrogens (tertiary/aromatic N) is 1. The molecule has 90 valence electrons. The van der Waals surface area contributed by atoms with Crippen LogP contribution in [0.5, 0.6) is 0 Å². The second-order valence-electron chi connectivity index (χ2n) is 4.71. The summed E-state index contributed by atoms with van der Waals surface area (Å²) < 4.78 is 5.18. The molecule has 0 aromatic heterocycles. The van der Waals surface area contributed by atoms with Gasteiger partial charge in [0.2, 0.25) is 0 Å². The van der Waals surface area contributed by atoms with E-state index in [4.69, 9.17) is 9.84 Å². The number of carbonyl (C=O) groups is 2. The highest BCUT2D eigenvalue weighted by Crippen LogP contribution is 2.15. The fraction of sp³-hybridized carbons (Fsp3) is 0.636. The van der Waals surface area contributed by atoms with Crippen LogP contribution in [0.2, 0.25) is 0 Å².